The molecule has 1 aliphatic heterocycles. The van der Waals surface area contributed by atoms with E-state index < -0.39 is 0 Å². The molecule has 4 heterocycles. The van der Waals surface area contributed by atoms with Crippen LogP contribution < -0.4 is 25.0 Å². The topological polar surface area (TPSA) is 114 Å². The van der Waals surface area contributed by atoms with Gasteiger partial charge in [-0.15, -0.1) is 10.2 Å². The molecule has 13 heteroatoms. The molecule has 3 atom stereocenters. The van der Waals surface area contributed by atoms with Crippen LogP contribution >= 0.6 is 11.6 Å². The number of pyridine rings is 1. The van der Waals surface area contributed by atoms with Crippen LogP contribution in [-0.2, 0) is 5.41 Å². The van der Waals surface area contributed by atoms with E-state index in [4.69, 9.17) is 26.2 Å². The highest BCUT2D eigenvalue weighted by Gasteiger charge is 2.31. The summed E-state index contributed by atoms with van der Waals surface area (Å²) in [6, 6.07) is 19.4. The first kappa shape index (κ1) is 36.5. The van der Waals surface area contributed by atoms with Crippen LogP contribution in [0.4, 0.5) is 16.6 Å². The average molecular weight is 740 g/mol. The van der Waals surface area contributed by atoms with E-state index in [1.165, 1.54) is 6.42 Å². The second-order valence-electron chi connectivity index (χ2n) is 15.5. The van der Waals surface area contributed by atoms with Gasteiger partial charge in [-0.2, -0.15) is 5.10 Å². The highest BCUT2D eigenvalue weighted by atomic mass is 35.5. The van der Waals surface area contributed by atoms with E-state index in [-0.39, 0.29) is 23.6 Å². The van der Waals surface area contributed by atoms with Crippen LogP contribution in [0.3, 0.4) is 0 Å². The number of piperidine rings is 1. The molecule has 0 bridgehead atoms. The Morgan fingerprint density at radius 1 is 0.981 bits per heavy atom. The number of rotatable bonds is 10. The van der Waals surface area contributed by atoms with Gasteiger partial charge in [0.25, 0.3) is 0 Å². The van der Waals surface area contributed by atoms with Crippen molar-refractivity contribution in [3.8, 4) is 17.2 Å². The van der Waals surface area contributed by atoms with E-state index in [2.05, 4.69) is 70.5 Å². The van der Waals surface area contributed by atoms with Gasteiger partial charge in [0.1, 0.15) is 30.0 Å². The smallest absolute Gasteiger partial charge is 0.320 e. The van der Waals surface area contributed by atoms with Crippen molar-refractivity contribution < 1.29 is 14.3 Å². The summed E-state index contributed by atoms with van der Waals surface area (Å²) >= 11 is 6.55. The van der Waals surface area contributed by atoms with E-state index in [0.717, 1.165) is 66.5 Å². The number of nitrogens with zero attached hydrogens (tertiary/aromatic N) is 7. The number of likely N-dealkylation sites (N-methyl/N-ethyl adjacent to an activating group) is 1. The molecular weight excluding hydrogens is 690 g/mol. The Labute approximate surface area is 316 Å². The number of amides is 2. The molecule has 0 saturated carbocycles. The summed E-state index contributed by atoms with van der Waals surface area (Å²) in [7, 11) is 4.00. The summed E-state index contributed by atoms with van der Waals surface area (Å²) in [5.41, 5.74) is 4.14. The third-order valence-corrected chi connectivity index (χ3v) is 10.3. The summed E-state index contributed by atoms with van der Waals surface area (Å²) in [4.78, 5) is 18.2. The number of aromatic nitrogens is 5. The lowest BCUT2D eigenvalue weighted by atomic mass is 9.85. The first-order valence-corrected chi connectivity index (χ1v) is 18.9. The number of benzene rings is 2. The number of fused-ring (bicyclic) bond motifs is 2. The van der Waals surface area contributed by atoms with Crippen molar-refractivity contribution in [2.24, 2.45) is 0 Å². The van der Waals surface area contributed by atoms with E-state index in [0.29, 0.717) is 41.3 Å². The summed E-state index contributed by atoms with van der Waals surface area (Å²) in [6.45, 7) is 10.8. The first-order chi connectivity index (χ1) is 25.4. The molecule has 0 spiro atoms. The minimum Gasteiger partial charge on any atom is -0.492 e. The lowest BCUT2D eigenvalue weighted by molar-refractivity contribution is 0.171. The van der Waals surface area contributed by atoms with Gasteiger partial charge in [-0.3, -0.25) is 9.72 Å². The van der Waals surface area contributed by atoms with E-state index in [9.17, 15) is 4.79 Å². The minimum absolute atomic E-state index is 0.175. The molecule has 1 aliphatic carbocycles. The predicted molar refractivity (Wildman–Crippen MR) is 209 cm³/mol. The Bertz CT molecular complexity index is 2070. The molecule has 2 amide bonds. The Morgan fingerprint density at radius 3 is 2.57 bits per heavy atom. The van der Waals surface area contributed by atoms with Crippen molar-refractivity contribution in [2.45, 2.75) is 83.4 Å². The normalized spacial score (nSPS) is 18.9. The predicted octanol–water partition coefficient (Wildman–Crippen LogP) is 7.96. The van der Waals surface area contributed by atoms with E-state index in [1.54, 1.807) is 10.7 Å². The number of anilines is 2. The largest absolute Gasteiger partial charge is 0.492 e. The minimum atomic E-state index is -0.326. The molecule has 1 fully saturated rings. The van der Waals surface area contributed by atoms with Crippen molar-refractivity contribution in [3.05, 3.63) is 88.7 Å². The fourth-order valence-electron chi connectivity index (χ4n) is 7.15. The van der Waals surface area contributed by atoms with Crippen LogP contribution in [0.15, 0.2) is 66.9 Å². The third-order valence-electron chi connectivity index (χ3n) is 10.1. The standard InChI is InChI=1S/C40H50ClN9O3/c1-26-11-9-10-18-48(26)39-45-44-36-17-14-29(25-49(36)39)53-34-16-15-33(31-12-7-8-13-32(31)34)42-38(51)43-37-24-35(40(2,3)4)46-50(37)28-21-27(41)22-30(23-28)52-20-19-47(5)6/h7-8,12-14,17,21-26,33-34H,9-11,15-16,18-20H2,1-6H3,(H2,42,43,51)/t26?,33-,34+/m0/s1. The fourth-order valence-corrected chi connectivity index (χ4v) is 7.37. The molecule has 0 radical (unpaired) electrons. The molecule has 280 valence electrons. The van der Waals surface area contributed by atoms with Gasteiger partial charge in [-0.1, -0.05) is 56.6 Å². The van der Waals surface area contributed by atoms with Crippen molar-refractivity contribution in [1.29, 1.82) is 0 Å². The van der Waals surface area contributed by atoms with Gasteiger partial charge in [-0.25, -0.2) is 9.48 Å². The van der Waals surface area contributed by atoms with Crippen LogP contribution in [0.1, 0.15) is 88.8 Å². The summed E-state index contributed by atoms with van der Waals surface area (Å²) in [5, 5.41) is 20.7. The Morgan fingerprint density at radius 2 is 1.79 bits per heavy atom. The molecule has 7 rings (SSSR count). The number of halogens is 1. The molecule has 1 unspecified atom stereocenters. The SMILES string of the molecule is CC1CCCCN1c1nnc2ccc(O[C@@H]3CC[C@H](NC(=O)Nc4cc(C(C)(C)C)nn4-c4cc(Cl)cc(OCCN(C)C)c4)c4ccccc43)cn12. The summed E-state index contributed by atoms with van der Waals surface area (Å²) < 4.78 is 16.4. The van der Waals surface area contributed by atoms with Crippen LogP contribution in [0.2, 0.25) is 5.02 Å². The third kappa shape index (κ3) is 8.23. The summed E-state index contributed by atoms with van der Waals surface area (Å²) in [5.74, 6) is 2.77. The zero-order valence-electron chi connectivity index (χ0n) is 31.5. The number of ether oxygens (including phenoxy) is 2. The maximum Gasteiger partial charge on any atom is 0.320 e. The van der Waals surface area contributed by atoms with Gasteiger partial charge in [0, 0.05) is 41.7 Å². The van der Waals surface area contributed by atoms with Gasteiger partial charge in [0.2, 0.25) is 5.95 Å². The fraction of sp³-hybridized carbons (Fsp3) is 0.450. The first-order valence-electron chi connectivity index (χ1n) is 18.6. The monoisotopic (exact) mass is 739 g/mol. The second-order valence-corrected chi connectivity index (χ2v) is 15.9. The second kappa shape index (κ2) is 15.3. The van der Waals surface area contributed by atoms with Crippen LogP contribution in [0.25, 0.3) is 11.3 Å². The molecule has 53 heavy (non-hydrogen) atoms. The number of nitrogens with one attached hydrogen (secondary N) is 2. The van der Waals surface area contributed by atoms with Crippen molar-refractivity contribution in [1.82, 2.24) is 34.6 Å². The molecule has 2 aliphatic rings. The molecule has 5 aromatic rings. The van der Waals surface area contributed by atoms with Gasteiger partial charge >= 0.3 is 6.03 Å². The molecule has 1 saturated heterocycles. The van der Waals surface area contributed by atoms with Crippen molar-refractivity contribution in [3.63, 3.8) is 0 Å². The lowest BCUT2D eigenvalue weighted by Gasteiger charge is -2.33. The van der Waals surface area contributed by atoms with Gasteiger partial charge in [0.15, 0.2) is 5.65 Å². The van der Waals surface area contributed by atoms with Gasteiger partial charge < -0.3 is 24.6 Å². The van der Waals surface area contributed by atoms with Gasteiger partial charge in [0.05, 0.1) is 23.6 Å². The van der Waals surface area contributed by atoms with Crippen molar-refractivity contribution in [2.75, 3.05) is 44.0 Å². The summed E-state index contributed by atoms with van der Waals surface area (Å²) in [6.07, 6.45) is 6.79. The number of urea groups is 1. The highest BCUT2D eigenvalue weighted by molar-refractivity contribution is 6.30. The zero-order valence-corrected chi connectivity index (χ0v) is 32.2. The quantitative estimate of drug-likeness (QED) is 0.148. The molecule has 2 aromatic carbocycles. The highest BCUT2D eigenvalue weighted by Crippen LogP contribution is 2.39. The lowest BCUT2D eigenvalue weighted by Crippen LogP contribution is -2.38. The van der Waals surface area contributed by atoms with Crippen molar-refractivity contribution >= 4 is 35.0 Å². The Hall–Kier alpha value is -4.81. The van der Waals surface area contributed by atoms with E-state index >= 15 is 0 Å². The van der Waals surface area contributed by atoms with E-state index in [1.807, 2.05) is 67.2 Å². The molecule has 3 aromatic heterocycles. The number of hydrogen-bond donors (Lipinski definition) is 2. The van der Waals surface area contributed by atoms with Crippen LogP contribution in [-0.4, -0.2) is 75.1 Å². The number of hydrogen-bond acceptors (Lipinski definition) is 8. The Kier molecular flexibility index (Phi) is 10.5. The number of carbonyl (C=O) groups excluding carboxylic acids is 1. The molecular formula is C40H50ClN9O3. The maximum absolute atomic E-state index is 13.8. The van der Waals surface area contributed by atoms with Crippen LogP contribution in [0.5, 0.6) is 11.5 Å². The maximum atomic E-state index is 13.8. The Balaban J connectivity index is 1.08. The average Bonchev–Trinajstić information content (AvgIpc) is 3.74. The van der Waals surface area contributed by atoms with Crippen LogP contribution in [0, 0.1) is 0 Å². The molecule has 12 nitrogen and oxygen atoms in total. The number of carbonyl (C=O) groups is 1. The molecule has 2 N–H and O–H groups in total. The zero-order chi connectivity index (χ0) is 37.3. The van der Waals surface area contributed by atoms with Gasteiger partial charge in [-0.05, 0) is 88.5 Å².